The SMILES string of the molecule is Cc1ccc(F)c(C(=O)N2CCCN(C)C3(CCN(C)CC3)C2)c1Cl. The minimum Gasteiger partial charge on any atom is -0.337 e. The van der Waals surface area contributed by atoms with Crippen LogP contribution in [0.15, 0.2) is 12.1 Å². The zero-order valence-corrected chi connectivity index (χ0v) is 16.1. The topological polar surface area (TPSA) is 26.8 Å². The lowest BCUT2D eigenvalue weighted by atomic mass is 9.85. The number of hydrogen-bond acceptors (Lipinski definition) is 3. The molecule has 4 nitrogen and oxygen atoms in total. The molecule has 1 aromatic carbocycles. The molecule has 1 spiro atoms. The van der Waals surface area contributed by atoms with Crippen molar-refractivity contribution in [2.45, 2.75) is 31.7 Å². The number of carbonyl (C=O) groups is 1. The van der Waals surface area contributed by atoms with Gasteiger partial charge in [-0.1, -0.05) is 17.7 Å². The molecule has 0 bridgehead atoms. The van der Waals surface area contributed by atoms with Gasteiger partial charge in [0.15, 0.2) is 0 Å². The number of hydrogen-bond donors (Lipinski definition) is 0. The molecule has 0 atom stereocenters. The summed E-state index contributed by atoms with van der Waals surface area (Å²) >= 11 is 6.27. The highest BCUT2D eigenvalue weighted by molar-refractivity contribution is 6.34. The third-order valence-electron chi connectivity index (χ3n) is 5.92. The molecular weight excluding hydrogens is 341 g/mol. The fourth-order valence-corrected chi connectivity index (χ4v) is 4.28. The molecule has 2 heterocycles. The monoisotopic (exact) mass is 367 g/mol. The fourth-order valence-electron chi connectivity index (χ4n) is 4.05. The predicted octanol–water partition coefficient (Wildman–Crippen LogP) is 3.03. The van der Waals surface area contributed by atoms with Crippen molar-refractivity contribution >= 4 is 17.5 Å². The largest absolute Gasteiger partial charge is 0.337 e. The van der Waals surface area contributed by atoms with Crippen LogP contribution in [0.5, 0.6) is 0 Å². The van der Waals surface area contributed by atoms with E-state index in [9.17, 15) is 9.18 Å². The number of aryl methyl sites for hydroxylation is 1. The van der Waals surface area contributed by atoms with Gasteiger partial charge in [0, 0.05) is 25.2 Å². The Morgan fingerprint density at radius 3 is 2.52 bits per heavy atom. The van der Waals surface area contributed by atoms with Crippen molar-refractivity contribution < 1.29 is 9.18 Å². The van der Waals surface area contributed by atoms with E-state index in [-0.39, 0.29) is 22.0 Å². The van der Waals surface area contributed by atoms with Gasteiger partial charge in [-0.2, -0.15) is 0 Å². The molecule has 138 valence electrons. The van der Waals surface area contributed by atoms with Crippen LogP contribution in [0.2, 0.25) is 5.02 Å². The number of halogens is 2. The van der Waals surface area contributed by atoms with Gasteiger partial charge in [-0.25, -0.2) is 4.39 Å². The maximum atomic E-state index is 14.4. The minimum atomic E-state index is -0.532. The van der Waals surface area contributed by atoms with E-state index in [0.717, 1.165) is 44.5 Å². The van der Waals surface area contributed by atoms with Crippen LogP contribution in [0.1, 0.15) is 35.2 Å². The number of likely N-dealkylation sites (N-methyl/N-ethyl adjacent to an activating group) is 1. The highest BCUT2D eigenvalue weighted by Crippen LogP contribution is 2.32. The third kappa shape index (κ3) is 3.55. The Hall–Kier alpha value is -1.17. The lowest BCUT2D eigenvalue weighted by Crippen LogP contribution is -2.58. The van der Waals surface area contributed by atoms with Gasteiger partial charge in [-0.15, -0.1) is 0 Å². The molecule has 2 fully saturated rings. The summed E-state index contributed by atoms with van der Waals surface area (Å²) in [6.07, 6.45) is 2.94. The number of likely N-dealkylation sites (tertiary alicyclic amines) is 1. The van der Waals surface area contributed by atoms with Gasteiger partial charge in [-0.05, 0) is 65.0 Å². The molecule has 1 amide bonds. The van der Waals surface area contributed by atoms with Crippen molar-refractivity contribution in [3.05, 3.63) is 34.1 Å². The maximum Gasteiger partial charge on any atom is 0.258 e. The highest BCUT2D eigenvalue weighted by atomic mass is 35.5. The summed E-state index contributed by atoms with van der Waals surface area (Å²) in [6.45, 7) is 6.08. The molecule has 0 aromatic heterocycles. The van der Waals surface area contributed by atoms with Crippen molar-refractivity contribution in [1.29, 1.82) is 0 Å². The first-order valence-corrected chi connectivity index (χ1v) is 9.35. The Labute approximate surface area is 154 Å². The molecule has 2 aliphatic heterocycles. The van der Waals surface area contributed by atoms with Crippen molar-refractivity contribution in [1.82, 2.24) is 14.7 Å². The van der Waals surface area contributed by atoms with E-state index in [2.05, 4.69) is 23.9 Å². The number of benzene rings is 1. The summed E-state index contributed by atoms with van der Waals surface area (Å²) < 4.78 is 14.4. The molecule has 3 rings (SSSR count). The van der Waals surface area contributed by atoms with Gasteiger partial charge in [0.1, 0.15) is 5.82 Å². The summed E-state index contributed by atoms with van der Waals surface area (Å²) in [7, 11) is 4.29. The second-order valence-electron chi connectivity index (χ2n) is 7.58. The first kappa shape index (κ1) is 18.6. The summed E-state index contributed by atoms with van der Waals surface area (Å²) in [5, 5.41) is 0.236. The van der Waals surface area contributed by atoms with Crippen molar-refractivity contribution in [2.24, 2.45) is 0 Å². The standard InChI is InChI=1S/C19H27ClFN3O/c1-14-5-6-15(21)16(17(14)20)18(25)24-10-4-9-23(3)19(13-24)7-11-22(2)12-8-19/h5-6H,4,7-13H2,1-3H3. The Morgan fingerprint density at radius 2 is 1.84 bits per heavy atom. The number of amides is 1. The molecular formula is C19H27ClFN3O. The molecule has 1 aromatic rings. The molecule has 0 N–H and O–H groups in total. The second kappa shape index (κ2) is 7.22. The maximum absolute atomic E-state index is 14.4. The normalized spacial score (nSPS) is 22.2. The van der Waals surface area contributed by atoms with E-state index in [0.29, 0.717) is 13.1 Å². The lowest BCUT2D eigenvalue weighted by Gasteiger charge is -2.47. The summed E-state index contributed by atoms with van der Waals surface area (Å²) in [5.74, 6) is -0.810. The van der Waals surface area contributed by atoms with Crippen molar-refractivity contribution in [2.75, 3.05) is 46.8 Å². The zero-order chi connectivity index (χ0) is 18.2. The van der Waals surface area contributed by atoms with Crippen LogP contribution in [0.4, 0.5) is 4.39 Å². The Kier molecular flexibility index (Phi) is 5.37. The molecule has 0 saturated carbocycles. The number of carbonyl (C=O) groups excluding carboxylic acids is 1. The Bertz CT molecular complexity index is 658. The van der Waals surface area contributed by atoms with Gasteiger partial charge in [0.25, 0.3) is 5.91 Å². The molecule has 25 heavy (non-hydrogen) atoms. The van der Waals surface area contributed by atoms with Crippen molar-refractivity contribution in [3.8, 4) is 0 Å². The van der Waals surface area contributed by atoms with Crippen LogP contribution >= 0.6 is 11.6 Å². The Morgan fingerprint density at radius 1 is 1.16 bits per heavy atom. The van der Waals surface area contributed by atoms with Gasteiger partial charge in [-0.3, -0.25) is 9.69 Å². The number of nitrogens with zero attached hydrogens (tertiary/aromatic N) is 3. The van der Waals surface area contributed by atoms with Crippen LogP contribution < -0.4 is 0 Å². The first-order valence-electron chi connectivity index (χ1n) is 8.98. The second-order valence-corrected chi connectivity index (χ2v) is 7.96. The van der Waals surface area contributed by atoms with Gasteiger partial charge < -0.3 is 9.80 Å². The van der Waals surface area contributed by atoms with Gasteiger partial charge in [0.05, 0.1) is 10.6 Å². The minimum absolute atomic E-state index is 0.0224. The summed E-state index contributed by atoms with van der Waals surface area (Å²) in [5.41, 5.74) is 0.729. The average molecular weight is 368 g/mol. The summed E-state index contributed by atoms with van der Waals surface area (Å²) in [4.78, 5) is 19.7. The lowest BCUT2D eigenvalue weighted by molar-refractivity contribution is 0.0315. The molecule has 6 heteroatoms. The molecule has 0 radical (unpaired) electrons. The van der Waals surface area contributed by atoms with E-state index < -0.39 is 5.82 Å². The van der Waals surface area contributed by atoms with Crippen LogP contribution in [-0.4, -0.2) is 73.0 Å². The van der Waals surface area contributed by atoms with Crippen molar-refractivity contribution in [3.63, 3.8) is 0 Å². The molecule has 2 aliphatic rings. The van der Waals surface area contributed by atoms with E-state index in [1.807, 2.05) is 4.90 Å². The predicted molar refractivity (Wildman–Crippen MR) is 98.8 cm³/mol. The number of piperidine rings is 1. The zero-order valence-electron chi connectivity index (χ0n) is 15.3. The van der Waals surface area contributed by atoms with Crippen LogP contribution in [0, 0.1) is 12.7 Å². The van der Waals surface area contributed by atoms with E-state index in [4.69, 9.17) is 11.6 Å². The van der Waals surface area contributed by atoms with E-state index >= 15 is 0 Å². The van der Waals surface area contributed by atoms with E-state index in [1.165, 1.54) is 6.07 Å². The van der Waals surface area contributed by atoms with Crippen LogP contribution in [0.25, 0.3) is 0 Å². The smallest absolute Gasteiger partial charge is 0.258 e. The van der Waals surface area contributed by atoms with Gasteiger partial charge >= 0.3 is 0 Å². The Balaban J connectivity index is 1.89. The van der Waals surface area contributed by atoms with Crippen LogP contribution in [-0.2, 0) is 0 Å². The first-order chi connectivity index (χ1) is 11.8. The van der Waals surface area contributed by atoms with Gasteiger partial charge in [0.2, 0.25) is 0 Å². The van der Waals surface area contributed by atoms with Crippen LogP contribution in [0.3, 0.4) is 0 Å². The quantitative estimate of drug-likeness (QED) is 0.763. The summed E-state index contributed by atoms with van der Waals surface area (Å²) in [6, 6.07) is 2.95. The third-order valence-corrected chi connectivity index (χ3v) is 6.41. The molecule has 0 aliphatic carbocycles. The average Bonchev–Trinajstić information content (AvgIpc) is 2.74. The fraction of sp³-hybridized carbons (Fsp3) is 0.632. The number of rotatable bonds is 1. The van der Waals surface area contributed by atoms with E-state index in [1.54, 1.807) is 13.0 Å². The highest BCUT2D eigenvalue weighted by Gasteiger charge is 2.42. The molecule has 0 unspecified atom stereocenters. The molecule has 2 saturated heterocycles.